The van der Waals surface area contributed by atoms with Crippen LogP contribution in [0.4, 0.5) is 4.39 Å². The minimum atomic E-state index is -0.637. The first-order valence-electron chi connectivity index (χ1n) is 14.7. The van der Waals surface area contributed by atoms with E-state index in [4.69, 9.17) is 25.3 Å². The van der Waals surface area contributed by atoms with Crippen molar-refractivity contribution in [3.8, 4) is 34.0 Å². The number of benzene rings is 3. The number of pyridine rings is 2. The van der Waals surface area contributed by atoms with Gasteiger partial charge in [-0.25, -0.2) is 4.39 Å². The SMILES string of the molecule is COc1ccc(Cn2nc3c(C(N)=O)cnc(-c4ccncc4C)c3c2-c2ccc(CNC(=O)c3cc(F)ccc3OC)cc2)cc1. The number of amides is 2. The molecule has 0 saturated heterocycles. The summed E-state index contributed by atoms with van der Waals surface area (Å²) in [5, 5.41) is 8.43. The van der Waals surface area contributed by atoms with Crippen LogP contribution in [0.3, 0.4) is 0 Å². The van der Waals surface area contributed by atoms with Gasteiger partial charge in [-0.05, 0) is 60.0 Å². The molecule has 0 saturated carbocycles. The van der Waals surface area contributed by atoms with E-state index < -0.39 is 17.6 Å². The zero-order valence-corrected chi connectivity index (χ0v) is 26.0. The number of nitrogens with one attached hydrogen (secondary N) is 1. The van der Waals surface area contributed by atoms with Crippen molar-refractivity contribution >= 4 is 22.7 Å². The van der Waals surface area contributed by atoms with Crippen molar-refractivity contribution < 1.29 is 23.5 Å². The second-order valence-electron chi connectivity index (χ2n) is 10.9. The van der Waals surface area contributed by atoms with Crippen LogP contribution < -0.4 is 20.5 Å². The Labute approximate surface area is 270 Å². The third-order valence-electron chi connectivity index (χ3n) is 7.89. The zero-order valence-electron chi connectivity index (χ0n) is 26.0. The highest BCUT2D eigenvalue weighted by atomic mass is 19.1. The summed E-state index contributed by atoms with van der Waals surface area (Å²) in [6, 6.07) is 21.0. The lowest BCUT2D eigenvalue weighted by molar-refractivity contribution is 0.0946. The van der Waals surface area contributed by atoms with Crippen LogP contribution in [0.25, 0.3) is 33.4 Å². The molecule has 3 heterocycles. The Morgan fingerprint density at radius 3 is 2.34 bits per heavy atom. The number of fused-ring (bicyclic) bond motifs is 1. The molecule has 0 aliphatic rings. The molecule has 0 spiro atoms. The number of carbonyl (C=O) groups excluding carboxylic acids is 2. The summed E-state index contributed by atoms with van der Waals surface area (Å²) in [4.78, 5) is 34.4. The number of ether oxygens (including phenoxy) is 2. The molecule has 6 aromatic rings. The summed E-state index contributed by atoms with van der Waals surface area (Å²) in [6.45, 7) is 2.52. The predicted molar refractivity (Wildman–Crippen MR) is 176 cm³/mol. The number of hydrogen-bond donors (Lipinski definition) is 2. The van der Waals surface area contributed by atoms with Crippen LogP contribution in [-0.2, 0) is 13.1 Å². The number of halogens is 1. The minimum absolute atomic E-state index is 0.106. The van der Waals surface area contributed by atoms with Crippen LogP contribution in [0, 0.1) is 12.7 Å². The monoisotopic (exact) mass is 630 g/mol. The summed E-state index contributed by atoms with van der Waals surface area (Å²) in [6.07, 6.45) is 4.92. The van der Waals surface area contributed by atoms with Crippen LogP contribution in [0.2, 0.25) is 0 Å². The molecule has 0 bridgehead atoms. The maximum Gasteiger partial charge on any atom is 0.255 e. The van der Waals surface area contributed by atoms with E-state index in [0.717, 1.165) is 45.3 Å². The van der Waals surface area contributed by atoms with Gasteiger partial charge in [0.15, 0.2) is 0 Å². The molecule has 3 N–H and O–H groups in total. The van der Waals surface area contributed by atoms with Gasteiger partial charge in [-0.1, -0.05) is 36.4 Å². The van der Waals surface area contributed by atoms with E-state index >= 15 is 0 Å². The van der Waals surface area contributed by atoms with Crippen LogP contribution in [0.1, 0.15) is 37.4 Å². The Bertz CT molecular complexity index is 2110. The molecule has 6 rings (SSSR count). The van der Waals surface area contributed by atoms with E-state index in [9.17, 15) is 14.0 Å². The number of methoxy groups -OCH3 is 2. The lowest BCUT2D eigenvalue weighted by atomic mass is 9.98. The molecule has 3 aromatic heterocycles. The third kappa shape index (κ3) is 6.23. The fourth-order valence-electron chi connectivity index (χ4n) is 5.48. The van der Waals surface area contributed by atoms with Crippen molar-refractivity contribution in [3.63, 3.8) is 0 Å². The molecule has 11 heteroatoms. The van der Waals surface area contributed by atoms with Gasteiger partial charge in [0.05, 0.1) is 48.7 Å². The number of rotatable bonds is 10. The van der Waals surface area contributed by atoms with Gasteiger partial charge < -0.3 is 20.5 Å². The number of primary amides is 1. The third-order valence-corrected chi connectivity index (χ3v) is 7.89. The van der Waals surface area contributed by atoms with Crippen LogP contribution >= 0.6 is 0 Å². The summed E-state index contributed by atoms with van der Waals surface area (Å²) >= 11 is 0. The first kappa shape index (κ1) is 30.9. The first-order valence-corrected chi connectivity index (χ1v) is 14.7. The molecule has 0 unspecified atom stereocenters. The van der Waals surface area contributed by atoms with Gasteiger partial charge in [0.2, 0.25) is 0 Å². The van der Waals surface area contributed by atoms with Crippen molar-refractivity contribution in [1.82, 2.24) is 25.1 Å². The van der Waals surface area contributed by atoms with Gasteiger partial charge >= 0.3 is 0 Å². The summed E-state index contributed by atoms with van der Waals surface area (Å²) < 4.78 is 26.2. The van der Waals surface area contributed by atoms with E-state index in [1.807, 2.05) is 66.2 Å². The average molecular weight is 631 g/mol. The van der Waals surface area contributed by atoms with Crippen molar-refractivity contribution in [3.05, 3.63) is 125 Å². The molecule has 10 nitrogen and oxygen atoms in total. The van der Waals surface area contributed by atoms with Crippen molar-refractivity contribution in [2.45, 2.75) is 20.0 Å². The quantitative estimate of drug-likeness (QED) is 0.198. The van der Waals surface area contributed by atoms with Gasteiger partial charge in [0.1, 0.15) is 22.8 Å². The highest BCUT2D eigenvalue weighted by Crippen LogP contribution is 2.38. The summed E-state index contributed by atoms with van der Waals surface area (Å²) in [5.74, 6) is -0.623. The number of carbonyl (C=O) groups is 2. The Morgan fingerprint density at radius 2 is 1.66 bits per heavy atom. The molecule has 0 fully saturated rings. The molecule has 47 heavy (non-hydrogen) atoms. The normalized spacial score (nSPS) is 11.0. The van der Waals surface area contributed by atoms with Gasteiger partial charge in [0.25, 0.3) is 11.8 Å². The molecule has 236 valence electrons. The van der Waals surface area contributed by atoms with Crippen LogP contribution in [-0.4, -0.2) is 45.8 Å². The second-order valence-corrected chi connectivity index (χ2v) is 10.9. The van der Waals surface area contributed by atoms with Crippen molar-refractivity contribution in [2.75, 3.05) is 14.2 Å². The maximum atomic E-state index is 13.8. The van der Waals surface area contributed by atoms with Crippen molar-refractivity contribution in [2.24, 2.45) is 5.73 Å². The molecular formula is C36H31FN6O4. The largest absolute Gasteiger partial charge is 0.497 e. The predicted octanol–water partition coefficient (Wildman–Crippen LogP) is 5.70. The smallest absolute Gasteiger partial charge is 0.255 e. The fourth-order valence-corrected chi connectivity index (χ4v) is 5.48. The highest BCUT2D eigenvalue weighted by Gasteiger charge is 2.24. The molecule has 0 aliphatic carbocycles. The second kappa shape index (κ2) is 13.1. The lowest BCUT2D eigenvalue weighted by Crippen LogP contribution is -2.23. The zero-order chi connectivity index (χ0) is 33.1. The number of aromatic nitrogens is 4. The minimum Gasteiger partial charge on any atom is -0.497 e. The molecule has 0 atom stereocenters. The standard InChI is InChI=1S/C36H31FN6O4/c1-21-17-39-15-14-27(21)32-31-33(29(19-40-32)35(38)44)42-43(20-23-6-11-26(46-2)12-7-23)34(31)24-8-4-22(5-9-24)18-41-36(45)28-16-25(37)10-13-30(28)47-3/h4-17,19H,18,20H2,1-3H3,(H2,38,44)(H,41,45). The van der Waals surface area contributed by atoms with E-state index in [1.165, 1.54) is 25.4 Å². The first-order chi connectivity index (χ1) is 22.8. The van der Waals surface area contributed by atoms with Gasteiger partial charge in [-0.15, -0.1) is 0 Å². The van der Waals surface area contributed by atoms with Gasteiger partial charge in [-0.2, -0.15) is 5.10 Å². The topological polar surface area (TPSA) is 134 Å². The maximum absolute atomic E-state index is 13.8. The van der Waals surface area contributed by atoms with E-state index in [2.05, 4.69) is 10.3 Å². The highest BCUT2D eigenvalue weighted by molar-refractivity contribution is 6.12. The fraction of sp³-hybridized carbons (Fsp3) is 0.139. The lowest BCUT2D eigenvalue weighted by Gasteiger charge is -2.13. The van der Waals surface area contributed by atoms with Gasteiger partial charge in [0, 0.05) is 36.3 Å². The molecular weight excluding hydrogens is 599 g/mol. The molecule has 0 radical (unpaired) electrons. The summed E-state index contributed by atoms with van der Waals surface area (Å²) in [5.41, 5.74) is 12.3. The van der Waals surface area contributed by atoms with Crippen molar-refractivity contribution in [1.29, 1.82) is 0 Å². The molecule has 3 aromatic carbocycles. The Morgan fingerprint density at radius 1 is 0.915 bits per heavy atom. The summed E-state index contributed by atoms with van der Waals surface area (Å²) in [7, 11) is 3.04. The Kier molecular flexibility index (Phi) is 8.61. The van der Waals surface area contributed by atoms with Gasteiger partial charge in [-0.3, -0.25) is 24.2 Å². The average Bonchev–Trinajstić information content (AvgIpc) is 3.46. The van der Waals surface area contributed by atoms with Crippen LogP contribution in [0.5, 0.6) is 11.5 Å². The molecule has 0 aliphatic heterocycles. The Balaban J connectivity index is 1.44. The number of nitrogens with zero attached hydrogens (tertiary/aromatic N) is 4. The Hall–Kier alpha value is -6.10. The van der Waals surface area contributed by atoms with E-state index in [-0.39, 0.29) is 23.4 Å². The molecule has 2 amide bonds. The van der Waals surface area contributed by atoms with E-state index in [0.29, 0.717) is 23.1 Å². The number of nitrogens with two attached hydrogens (primary N) is 1. The number of hydrogen-bond acceptors (Lipinski definition) is 7. The number of aryl methyl sites for hydroxylation is 1. The van der Waals surface area contributed by atoms with Crippen LogP contribution in [0.15, 0.2) is 91.4 Å². The van der Waals surface area contributed by atoms with E-state index in [1.54, 1.807) is 19.5 Å².